The Morgan fingerprint density at radius 2 is 1.30 bits per heavy atom. The summed E-state index contributed by atoms with van der Waals surface area (Å²) in [6.07, 6.45) is -13.1. The molecule has 0 spiro atoms. The van der Waals surface area contributed by atoms with Gasteiger partial charge in [-0.05, 0) is 48.7 Å². The van der Waals surface area contributed by atoms with E-state index >= 15 is 4.39 Å². The van der Waals surface area contributed by atoms with Crippen molar-refractivity contribution >= 4 is 35.1 Å². The first-order chi connectivity index (χ1) is 21.8. The van der Waals surface area contributed by atoms with Crippen molar-refractivity contribution in [1.29, 1.82) is 0 Å². The summed E-state index contributed by atoms with van der Waals surface area (Å²) in [5.74, 6) is -5.30. The number of carbonyl (C=O) groups is 4. The minimum absolute atomic E-state index is 0.0330. The Morgan fingerprint density at radius 1 is 0.766 bits per heavy atom. The van der Waals surface area contributed by atoms with Crippen LogP contribution >= 0.6 is 0 Å². The maximum absolute atomic E-state index is 15.8. The molecule has 0 atom stereocenters. The van der Waals surface area contributed by atoms with E-state index in [1.54, 1.807) is 6.07 Å². The predicted octanol–water partition coefficient (Wildman–Crippen LogP) is 6.52. The zero-order valence-electron chi connectivity index (χ0n) is 25.0. The van der Waals surface area contributed by atoms with Gasteiger partial charge in [-0.15, -0.1) is 0 Å². The molecule has 0 heterocycles. The first-order valence-corrected chi connectivity index (χ1v) is 13.4. The number of benzene rings is 3. The van der Waals surface area contributed by atoms with E-state index in [1.807, 2.05) is 0 Å². The standard InChI is InChI=1S/C31H26F8N2O6/c1-16-12-19(29(33,30(34,35)36)31(37,38)39)13-17(2)26(16)41(15-24(43)47-4)28(45)21-10-7-11-22(25(21)32)40-27(44)20-9-6-5-8-18(20)14-23(42)46-3/h5-13H,14-15H2,1-4H3,(H,40,44). The number of nitrogens with one attached hydrogen (secondary N) is 1. The maximum Gasteiger partial charge on any atom is 0.435 e. The fourth-order valence-corrected chi connectivity index (χ4v) is 4.77. The van der Waals surface area contributed by atoms with Crippen molar-refractivity contribution in [2.45, 2.75) is 38.3 Å². The van der Waals surface area contributed by atoms with Gasteiger partial charge in [0.15, 0.2) is 5.82 Å². The van der Waals surface area contributed by atoms with Crippen LogP contribution in [0.4, 0.5) is 46.5 Å². The molecule has 2 amide bonds. The van der Waals surface area contributed by atoms with E-state index in [0.29, 0.717) is 4.90 Å². The Balaban J connectivity index is 2.10. The molecular formula is C31H26F8N2O6. The lowest BCUT2D eigenvalue weighted by Crippen LogP contribution is -2.50. The van der Waals surface area contributed by atoms with E-state index in [2.05, 4.69) is 14.8 Å². The topological polar surface area (TPSA) is 102 Å². The number of carbonyl (C=O) groups excluding carboxylic acids is 4. The highest BCUT2D eigenvalue weighted by Gasteiger charge is 2.73. The zero-order valence-corrected chi connectivity index (χ0v) is 25.0. The molecule has 0 radical (unpaired) electrons. The average molecular weight is 675 g/mol. The molecule has 3 aromatic rings. The Labute approximate surface area is 262 Å². The Morgan fingerprint density at radius 3 is 1.83 bits per heavy atom. The fourth-order valence-electron chi connectivity index (χ4n) is 4.77. The monoisotopic (exact) mass is 674 g/mol. The second kappa shape index (κ2) is 13.8. The van der Waals surface area contributed by atoms with Crippen molar-refractivity contribution in [3.63, 3.8) is 0 Å². The van der Waals surface area contributed by atoms with Crippen LogP contribution in [0.3, 0.4) is 0 Å². The normalized spacial score (nSPS) is 11.9. The molecule has 3 rings (SSSR count). The van der Waals surface area contributed by atoms with Gasteiger partial charge in [-0.1, -0.05) is 36.4 Å². The van der Waals surface area contributed by atoms with Crippen LogP contribution in [-0.4, -0.2) is 56.9 Å². The molecular weight excluding hydrogens is 648 g/mol. The smallest absolute Gasteiger partial charge is 0.435 e. The number of ether oxygens (including phenoxy) is 2. The average Bonchev–Trinajstić information content (AvgIpc) is 2.99. The summed E-state index contributed by atoms with van der Waals surface area (Å²) in [6.45, 7) is 0.942. The van der Waals surface area contributed by atoms with E-state index in [0.717, 1.165) is 46.3 Å². The maximum atomic E-state index is 15.8. The van der Waals surface area contributed by atoms with E-state index in [1.165, 1.54) is 18.2 Å². The number of halogens is 8. The number of alkyl halides is 7. The van der Waals surface area contributed by atoms with Gasteiger partial charge in [0.25, 0.3) is 11.8 Å². The largest absolute Gasteiger partial charge is 0.469 e. The van der Waals surface area contributed by atoms with Gasteiger partial charge < -0.3 is 14.8 Å². The van der Waals surface area contributed by atoms with Gasteiger partial charge in [0.1, 0.15) is 6.54 Å². The van der Waals surface area contributed by atoms with E-state index < -0.39 is 87.8 Å². The molecule has 0 aliphatic heterocycles. The first-order valence-electron chi connectivity index (χ1n) is 13.4. The summed E-state index contributed by atoms with van der Waals surface area (Å²) >= 11 is 0. The van der Waals surface area contributed by atoms with E-state index in [-0.39, 0.29) is 29.7 Å². The second-order valence-electron chi connectivity index (χ2n) is 10.1. The molecule has 0 saturated heterocycles. The van der Waals surface area contributed by atoms with Crippen LogP contribution in [0.2, 0.25) is 0 Å². The van der Waals surface area contributed by atoms with Crippen molar-refractivity contribution < 1.29 is 63.8 Å². The highest BCUT2D eigenvalue weighted by atomic mass is 19.4. The summed E-state index contributed by atoms with van der Waals surface area (Å²) in [4.78, 5) is 51.3. The Kier molecular flexibility index (Phi) is 10.7. The van der Waals surface area contributed by atoms with Crippen LogP contribution in [0.25, 0.3) is 0 Å². The van der Waals surface area contributed by atoms with Crippen LogP contribution in [0.1, 0.15) is 43.0 Å². The second-order valence-corrected chi connectivity index (χ2v) is 10.1. The molecule has 0 unspecified atom stereocenters. The number of methoxy groups -OCH3 is 2. The van der Waals surface area contributed by atoms with Gasteiger partial charge in [-0.2, -0.15) is 26.3 Å². The van der Waals surface area contributed by atoms with Crippen molar-refractivity contribution in [2.75, 3.05) is 31.0 Å². The first kappa shape index (κ1) is 36.4. The molecule has 1 N–H and O–H groups in total. The van der Waals surface area contributed by atoms with Crippen LogP contribution < -0.4 is 10.2 Å². The molecule has 0 bridgehead atoms. The molecule has 3 aromatic carbocycles. The fraction of sp³-hybridized carbons (Fsp3) is 0.290. The van der Waals surface area contributed by atoms with Crippen LogP contribution in [-0.2, 0) is 31.2 Å². The number of esters is 2. The Bertz CT molecular complexity index is 1670. The van der Waals surface area contributed by atoms with Crippen molar-refractivity contribution in [3.8, 4) is 0 Å². The third-order valence-corrected chi connectivity index (χ3v) is 7.00. The van der Waals surface area contributed by atoms with Crippen molar-refractivity contribution in [1.82, 2.24) is 0 Å². The molecule has 16 heteroatoms. The molecule has 8 nitrogen and oxygen atoms in total. The minimum atomic E-state index is -6.42. The van der Waals surface area contributed by atoms with Crippen LogP contribution in [0, 0.1) is 19.7 Å². The molecule has 0 fully saturated rings. The van der Waals surface area contributed by atoms with Gasteiger partial charge in [-0.25, -0.2) is 8.78 Å². The third-order valence-electron chi connectivity index (χ3n) is 7.00. The van der Waals surface area contributed by atoms with Gasteiger partial charge in [0.05, 0.1) is 37.6 Å². The van der Waals surface area contributed by atoms with Crippen LogP contribution in [0.15, 0.2) is 54.6 Å². The number of rotatable bonds is 9. The van der Waals surface area contributed by atoms with Gasteiger partial charge in [0.2, 0.25) is 0 Å². The summed E-state index contributed by atoms with van der Waals surface area (Å²) in [6, 6.07) is 9.44. The Hall–Kier alpha value is -5.02. The van der Waals surface area contributed by atoms with E-state index in [4.69, 9.17) is 0 Å². The lowest BCUT2D eigenvalue weighted by Gasteiger charge is -2.32. The highest BCUT2D eigenvalue weighted by molar-refractivity contribution is 6.11. The zero-order chi connectivity index (χ0) is 35.5. The number of amides is 2. The van der Waals surface area contributed by atoms with Gasteiger partial charge >= 0.3 is 30.0 Å². The van der Waals surface area contributed by atoms with Crippen molar-refractivity contribution in [3.05, 3.63) is 93.8 Å². The lowest BCUT2D eigenvalue weighted by atomic mass is 9.90. The lowest BCUT2D eigenvalue weighted by molar-refractivity contribution is -0.348. The summed E-state index contributed by atoms with van der Waals surface area (Å²) in [7, 11) is 2.07. The van der Waals surface area contributed by atoms with Gasteiger partial charge in [-0.3, -0.25) is 24.1 Å². The summed E-state index contributed by atoms with van der Waals surface area (Å²) < 4.78 is 120. The van der Waals surface area contributed by atoms with Gasteiger partial charge in [0, 0.05) is 11.1 Å². The van der Waals surface area contributed by atoms with Crippen LogP contribution in [0.5, 0.6) is 0 Å². The van der Waals surface area contributed by atoms with E-state index in [9.17, 15) is 49.9 Å². The summed E-state index contributed by atoms with van der Waals surface area (Å²) in [5, 5.41) is 2.28. The highest BCUT2D eigenvalue weighted by Crippen LogP contribution is 2.54. The number of hydrogen-bond donors (Lipinski definition) is 1. The molecule has 0 aromatic heterocycles. The number of nitrogens with zero attached hydrogens (tertiary/aromatic N) is 1. The molecule has 47 heavy (non-hydrogen) atoms. The molecule has 0 aliphatic rings. The minimum Gasteiger partial charge on any atom is -0.469 e. The molecule has 252 valence electrons. The number of anilines is 2. The molecule has 0 saturated carbocycles. The SMILES string of the molecule is COC(=O)Cc1ccccc1C(=O)Nc1cccc(C(=O)N(CC(=O)OC)c2c(C)cc(C(F)(C(F)(F)F)C(F)(F)F)cc2C)c1F. The van der Waals surface area contributed by atoms with Crippen molar-refractivity contribution in [2.24, 2.45) is 0 Å². The quantitative estimate of drug-likeness (QED) is 0.205. The molecule has 0 aliphatic carbocycles. The number of aryl methyl sites for hydroxylation is 2. The predicted molar refractivity (Wildman–Crippen MR) is 151 cm³/mol. The number of hydrogen-bond acceptors (Lipinski definition) is 6. The third kappa shape index (κ3) is 7.36. The summed E-state index contributed by atoms with van der Waals surface area (Å²) in [5.41, 5.74) is -10.1.